The SMILES string of the molecule is CCc1noc(C)c1C(=O)N1CCC2(CC1)OCCC[C@H]2O. The maximum absolute atomic E-state index is 12.7. The van der Waals surface area contributed by atoms with Crippen LogP contribution >= 0.6 is 0 Å². The number of carbonyl (C=O) groups excluding carboxylic acids is 1. The van der Waals surface area contributed by atoms with Crippen molar-refractivity contribution in [1.29, 1.82) is 0 Å². The minimum atomic E-state index is -0.452. The number of amides is 1. The average Bonchev–Trinajstić information content (AvgIpc) is 2.91. The molecule has 2 saturated heterocycles. The van der Waals surface area contributed by atoms with E-state index in [0.717, 1.165) is 18.5 Å². The van der Waals surface area contributed by atoms with Gasteiger partial charge in [-0.25, -0.2) is 0 Å². The van der Waals surface area contributed by atoms with Crippen LogP contribution in [0.2, 0.25) is 0 Å². The third kappa shape index (κ3) is 2.54. The molecule has 0 bridgehead atoms. The number of aromatic nitrogens is 1. The van der Waals surface area contributed by atoms with Crippen molar-refractivity contribution in [3.8, 4) is 0 Å². The molecule has 0 unspecified atom stereocenters. The number of aliphatic hydroxyl groups is 1. The van der Waals surface area contributed by atoms with Gasteiger partial charge in [-0.3, -0.25) is 4.79 Å². The quantitative estimate of drug-likeness (QED) is 0.900. The number of hydrogen-bond acceptors (Lipinski definition) is 5. The highest BCUT2D eigenvalue weighted by Crippen LogP contribution is 2.35. The van der Waals surface area contributed by atoms with E-state index < -0.39 is 11.7 Å². The second-order valence-electron chi connectivity index (χ2n) is 6.28. The maximum Gasteiger partial charge on any atom is 0.259 e. The number of likely N-dealkylation sites (tertiary alicyclic amines) is 1. The Morgan fingerprint density at radius 2 is 2.18 bits per heavy atom. The smallest absolute Gasteiger partial charge is 0.259 e. The van der Waals surface area contributed by atoms with Crippen LogP contribution in [0.25, 0.3) is 0 Å². The van der Waals surface area contributed by atoms with Crippen molar-refractivity contribution in [3.63, 3.8) is 0 Å². The van der Waals surface area contributed by atoms with Crippen LogP contribution in [0, 0.1) is 6.92 Å². The Hall–Kier alpha value is -1.40. The van der Waals surface area contributed by atoms with Crippen LogP contribution in [0.15, 0.2) is 4.52 Å². The first-order valence-corrected chi connectivity index (χ1v) is 8.14. The second-order valence-corrected chi connectivity index (χ2v) is 6.28. The van der Waals surface area contributed by atoms with Gasteiger partial charge in [-0.05, 0) is 39.0 Å². The first-order chi connectivity index (χ1) is 10.6. The molecule has 1 amide bonds. The molecule has 0 aromatic carbocycles. The highest BCUT2D eigenvalue weighted by atomic mass is 16.5. The maximum atomic E-state index is 12.7. The largest absolute Gasteiger partial charge is 0.390 e. The number of rotatable bonds is 2. The number of hydrogen-bond donors (Lipinski definition) is 1. The Bertz CT molecular complexity index is 546. The molecule has 2 aliphatic rings. The summed E-state index contributed by atoms with van der Waals surface area (Å²) in [7, 11) is 0. The molecule has 3 heterocycles. The molecule has 1 aromatic heterocycles. The van der Waals surface area contributed by atoms with Gasteiger partial charge in [0.15, 0.2) is 0 Å². The summed E-state index contributed by atoms with van der Waals surface area (Å²) in [5, 5.41) is 14.2. The predicted molar refractivity (Wildman–Crippen MR) is 79.7 cm³/mol. The third-order valence-electron chi connectivity index (χ3n) is 5.00. The summed E-state index contributed by atoms with van der Waals surface area (Å²) in [5.41, 5.74) is 0.868. The highest BCUT2D eigenvalue weighted by Gasteiger charge is 2.44. The van der Waals surface area contributed by atoms with Gasteiger partial charge in [-0.15, -0.1) is 0 Å². The van der Waals surface area contributed by atoms with Crippen LogP contribution in [-0.4, -0.2) is 52.5 Å². The summed E-state index contributed by atoms with van der Waals surface area (Å²) in [6, 6.07) is 0. The number of carbonyl (C=O) groups is 1. The number of piperidine rings is 1. The van der Waals surface area contributed by atoms with Crippen molar-refractivity contribution in [2.75, 3.05) is 19.7 Å². The average molecular weight is 308 g/mol. The molecule has 22 heavy (non-hydrogen) atoms. The van der Waals surface area contributed by atoms with Gasteiger partial charge < -0.3 is 19.3 Å². The lowest BCUT2D eigenvalue weighted by atomic mass is 9.82. The van der Waals surface area contributed by atoms with Crippen LogP contribution in [0.4, 0.5) is 0 Å². The van der Waals surface area contributed by atoms with Gasteiger partial charge >= 0.3 is 0 Å². The molecular weight excluding hydrogens is 284 g/mol. The molecular formula is C16H24N2O4. The Labute approximate surface area is 130 Å². The fourth-order valence-electron chi connectivity index (χ4n) is 3.57. The van der Waals surface area contributed by atoms with Crippen LogP contribution in [0.1, 0.15) is 54.4 Å². The van der Waals surface area contributed by atoms with Crippen LogP contribution in [-0.2, 0) is 11.2 Å². The molecule has 6 heteroatoms. The predicted octanol–water partition coefficient (Wildman–Crippen LogP) is 1.69. The fourth-order valence-corrected chi connectivity index (χ4v) is 3.57. The fraction of sp³-hybridized carbons (Fsp3) is 0.750. The molecule has 1 spiro atoms. The molecule has 122 valence electrons. The van der Waals surface area contributed by atoms with E-state index in [4.69, 9.17) is 9.26 Å². The van der Waals surface area contributed by atoms with Crippen LogP contribution in [0.5, 0.6) is 0 Å². The summed E-state index contributed by atoms with van der Waals surface area (Å²) in [6.45, 7) is 5.65. The standard InChI is InChI=1S/C16H24N2O4/c1-3-12-14(11(2)22-17-12)15(20)18-8-6-16(7-9-18)13(19)5-4-10-21-16/h13,19H,3-10H2,1-2H3/t13-/m1/s1. The first kappa shape index (κ1) is 15.5. The normalized spacial score (nSPS) is 24.7. The van der Waals surface area contributed by atoms with Crippen molar-refractivity contribution >= 4 is 5.91 Å². The van der Waals surface area contributed by atoms with Gasteiger partial charge in [-0.1, -0.05) is 12.1 Å². The summed E-state index contributed by atoms with van der Waals surface area (Å²) in [4.78, 5) is 14.6. The van der Waals surface area contributed by atoms with Gasteiger partial charge in [0.1, 0.15) is 11.3 Å². The van der Waals surface area contributed by atoms with Gasteiger partial charge in [0.25, 0.3) is 5.91 Å². The molecule has 0 aliphatic carbocycles. The Balaban J connectivity index is 1.71. The van der Waals surface area contributed by atoms with E-state index in [-0.39, 0.29) is 5.91 Å². The zero-order chi connectivity index (χ0) is 15.7. The number of nitrogens with zero attached hydrogens (tertiary/aromatic N) is 2. The lowest BCUT2D eigenvalue weighted by Gasteiger charge is -2.46. The monoisotopic (exact) mass is 308 g/mol. The van der Waals surface area contributed by atoms with E-state index in [1.54, 1.807) is 6.92 Å². The minimum Gasteiger partial charge on any atom is -0.390 e. The summed E-state index contributed by atoms with van der Waals surface area (Å²) in [5.74, 6) is 0.562. The molecule has 1 aromatic rings. The first-order valence-electron chi connectivity index (χ1n) is 8.14. The van der Waals surface area contributed by atoms with Crippen molar-refractivity contribution in [3.05, 3.63) is 17.0 Å². The minimum absolute atomic E-state index is 0.0178. The van der Waals surface area contributed by atoms with Crippen molar-refractivity contribution in [2.24, 2.45) is 0 Å². The molecule has 0 radical (unpaired) electrons. The van der Waals surface area contributed by atoms with Gasteiger partial charge in [0.2, 0.25) is 0 Å². The topological polar surface area (TPSA) is 75.8 Å². The molecule has 6 nitrogen and oxygen atoms in total. The Morgan fingerprint density at radius 1 is 1.45 bits per heavy atom. The van der Waals surface area contributed by atoms with E-state index >= 15 is 0 Å². The molecule has 1 atom stereocenters. The van der Waals surface area contributed by atoms with Gasteiger partial charge in [-0.2, -0.15) is 0 Å². The van der Waals surface area contributed by atoms with E-state index in [1.165, 1.54) is 0 Å². The molecule has 2 aliphatic heterocycles. The van der Waals surface area contributed by atoms with Gasteiger partial charge in [0.05, 0.1) is 17.4 Å². The highest BCUT2D eigenvalue weighted by molar-refractivity contribution is 5.96. The van der Waals surface area contributed by atoms with E-state index in [2.05, 4.69) is 5.16 Å². The van der Waals surface area contributed by atoms with E-state index in [9.17, 15) is 9.90 Å². The van der Waals surface area contributed by atoms with Crippen LogP contribution in [0.3, 0.4) is 0 Å². The van der Waals surface area contributed by atoms with Crippen molar-refractivity contribution in [2.45, 2.75) is 57.7 Å². The number of aliphatic hydroxyl groups excluding tert-OH is 1. The molecule has 1 N–H and O–H groups in total. The second kappa shape index (κ2) is 6.01. The summed E-state index contributed by atoms with van der Waals surface area (Å²) >= 11 is 0. The Morgan fingerprint density at radius 3 is 2.82 bits per heavy atom. The van der Waals surface area contributed by atoms with Crippen molar-refractivity contribution in [1.82, 2.24) is 10.1 Å². The van der Waals surface area contributed by atoms with Crippen molar-refractivity contribution < 1.29 is 19.2 Å². The Kier molecular flexibility index (Phi) is 4.23. The zero-order valence-corrected chi connectivity index (χ0v) is 13.3. The lowest BCUT2D eigenvalue weighted by Crippen LogP contribution is -2.56. The zero-order valence-electron chi connectivity index (χ0n) is 13.3. The molecule has 0 saturated carbocycles. The lowest BCUT2D eigenvalue weighted by molar-refractivity contribution is -0.174. The van der Waals surface area contributed by atoms with E-state index in [1.807, 2.05) is 11.8 Å². The van der Waals surface area contributed by atoms with Gasteiger partial charge in [0, 0.05) is 19.7 Å². The number of aryl methyl sites for hydroxylation is 2. The molecule has 3 rings (SSSR count). The third-order valence-corrected chi connectivity index (χ3v) is 5.00. The summed E-state index contributed by atoms with van der Waals surface area (Å²) < 4.78 is 11.1. The molecule has 2 fully saturated rings. The van der Waals surface area contributed by atoms with Crippen LogP contribution < -0.4 is 0 Å². The van der Waals surface area contributed by atoms with E-state index in [0.29, 0.717) is 50.3 Å². The number of ether oxygens (including phenoxy) is 1. The summed E-state index contributed by atoms with van der Waals surface area (Å²) in [6.07, 6.45) is 3.33.